The highest BCUT2D eigenvalue weighted by Gasteiger charge is 2.28. The smallest absolute Gasteiger partial charge is 0.257 e. The van der Waals surface area contributed by atoms with Crippen LogP contribution < -0.4 is 9.46 Å². The van der Waals surface area contributed by atoms with Gasteiger partial charge in [0.2, 0.25) is 10.0 Å². The summed E-state index contributed by atoms with van der Waals surface area (Å²) in [5.41, 5.74) is 0.430. The first kappa shape index (κ1) is 21.6. The van der Waals surface area contributed by atoms with Gasteiger partial charge in [-0.2, -0.15) is 0 Å². The summed E-state index contributed by atoms with van der Waals surface area (Å²) >= 11 is 0. The van der Waals surface area contributed by atoms with Crippen molar-refractivity contribution in [2.75, 3.05) is 40.3 Å². The predicted molar refractivity (Wildman–Crippen MR) is 109 cm³/mol. The van der Waals surface area contributed by atoms with Gasteiger partial charge in [0.15, 0.2) is 0 Å². The molecule has 2 N–H and O–H groups in total. The fourth-order valence-corrected chi connectivity index (χ4v) is 4.17. The summed E-state index contributed by atoms with van der Waals surface area (Å²) < 4.78 is 31.8. The Labute approximate surface area is 174 Å². The molecule has 1 fully saturated rings. The number of para-hydroxylation sites is 1. The van der Waals surface area contributed by atoms with Crippen LogP contribution in [0.25, 0.3) is 0 Å². The minimum Gasteiger partial charge on any atom is -0.507 e. The molecular formula is C20H23N3O6S. The molecule has 0 unspecified atom stereocenters. The first-order valence-electron chi connectivity index (χ1n) is 9.26. The summed E-state index contributed by atoms with van der Waals surface area (Å²) in [4.78, 5) is 28.5. The van der Waals surface area contributed by atoms with E-state index in [9.17, 15) is 23.1 Å². The van der Waals surface area contributed by atoms with E-state index in [0.29, 0.717) is 13.1 Å². The van der Waals surface area contributed by atoms with Crippen LogP contribution in [0.5, 0.6) is 11.5 Å². The second-order valence-corrected chi connectivity index (χ2v) is 8.53. The fourth-order valence-electron chi connectivity index (χ4n) is 3.25. The molecule has 30 heavy (non-hydrogen) atoms. The molecule has 3 rings (SSSR count). The number of hydrogen-bond donors (Lipinski definition) is 2. The van der Waals surface area contributed by atoms with Crippen LogP contribution in [-0.4, -0.2) is 75.5 Å². The zero-order valence-corrected chi connectivity index (χ0v) is 17.5. The van der Waals surface area contributed by atoms with Crippen LogP contribution in [0.3, 0.4) is 0 Å². The Morgan fingerprint density at radius 3 is 2.17 bits per heavy atom. The molecule has 10 heteroatoms. The summed E-state index contributed by atoms with van der Waals surface area (Å²) in [7, 11) is -1.17. The lowest BCUT2D eigenvalue weighted by molar-refractivity contribution is 0.0533. The highest BCUT2D eigenvalue weighted by molar-refractivity contribution is 7.89. The molecule has 1 heterocycles. The molecule has 1 saturated heterocycles. The Morgan fingerprint density at radius 2 is 1.60 bits per heavy atom. The summed E-state index contributed by atoms with van der Waals surface area (Å²) in [5, 5.41) is 9.88. The van der Waals surface area contributed by atoms with Gasteiger partial charge in [0.25, 0.3) is 11.8 Å². The van der Waals surface area contributed by atoms with Gasteiger partial charge in [-0.3, -0.25) is 9.59 Å². The van der Waals surface area contributed by atoms with Gasteiger partial charge in [0.1, 0.15) is 16.4 Å². The standard InChI is InChI=1S/C20H23N3O6S/c1-21-30(27,28)18-13-14(7-8-17(18)29-2)19(25)22-9-11-23(12-10-22)20(26)15-5-3-4-6-16(15)24/h3-8,13,21,24H,9-12H2,1-2H3. The highest BCUT2D eigenvalue weighted by atomic mass is 32.2. The quantitative estimate of drug-likeness (QED) is 0.724. The number of carbonyl (C=O) groups is 2. The molecule has 2 aromatic carbocycles. The van der Waals surface area contributed by atoms with E-state index in [2.05, 4.69) is 4.72 Å². The average Bonchev–Trinajstić information content (AvgIpc) is 2.78. The number of phenolic OH excluding ortho intramolecular Hbond substituents is 1. The first-order valence-corrected chi connectivity index (χ1v) is 10.7. The van der Waals surface area contributed by atoms with E-state index in [4.69, 9.17) is 4.74 Å². The van der Waals surface area contributed by atoms with Crippen molar-refractivity contribution in [3.63, 3.8) is 0 Å². The summed E-state index contributed by atoms with van der Waals surface area (Å²) in [6.45, 7) is 1.18. The number of carbonyl (C=O) groups excluding carboxylic acids is 2. The second kappa shape index (κ2) is 8.72. The molecule has 0 spiro atoms. The van der Waals surface area contributed by atoms with Gasteiger partial charge in [-0.15, -0.1) is 0 Å². The van der Waals surface area contributed by atoms with Crippen molar-refractivity contribution in [2.24, 2.45) is 0 Å². The maximum atomic E-state index is 12.9. The Balaban J connectivity index is 1.73. The van der Waals surface area contributed by atoms with E-state index in [-0.39, 0.29) is 52.4 Å². The van der Waals surface area contributed by atoms with Gasteiger partial charge in [0, 0.05) is 31.7 Å². The number of phenols is 1. The molecular weight excluding hydrogens is 410 g/mol. The van der Waals surface area contributed by atoms with Crippen LogP contribution in [0.4, 0.5) is 0 Å². The number of ether oxygens (including phenoxy) is 1. The summed E-state index contributed by atoms with van der Waals surface area (Å²) in [6.07, 6.45) is 0. The van der Waals surface area contributed by atoms with Crippen molar-refractivity contribution >= 4 is 21.8 Å². The van der Waals surface area contributed by atoms with Gasteiger partial charge < -0.3 is 19.6 Å². The molecule has 0 saturated carbocycles. The average molecular weight is 433 g/mol. The van der Waals surface area contributed by atoms with Gasteiger partial charge in [-0.25, -0.2) is 13.1 Å². The number of hydrogen-bond acceptors (Lipinski definition) is 6. The minimum atomic E-state index is -3.80. The Hall–Kier alpha value is -3.11. The summed E-state index contributed by atoms with van der Waals surface area (Å²) in [6, 6.07) is 10.5. The molecule has 0 bridgehead atoms. The number of nitrogens with zero attached hydrogens (tertiary/aromatic N) is 2. The molecule has 0 radical (unpaired) electrons. The SMILES string of the molecule is CNS(=O)(=O)c1cc(C(=O)N2CCN(C(=O)c3ccccc3O)CC2)ccc1OC. The number of methoxy groups -OCH3 is 1. The van der Waals surface area contributed by atoms with Crippen molar-refractivity contribution in [2.45, 2.75) is 4.90 Å². The van der Waals surface area contributed by atoms with E-state index in [1.807, 2.05) is 0 Å². The Kier molecular flexibility index (Phi) is 6.28. The number of sulfonamides is 1. The number of rotatable bonds is 5. The van der Waals surface area contributed by atoms with Gasteiger partial charge >= 0.3 is 0 Å². The molecule has 9 nitrogen and oxygen atoms in total. The van der Waals surface area contributed by atoms with Gasteiger partial charge in [-0.1, -0.05) is 12.1 Å². The number of nitrogens with one attached hydrogen (secondary N) is 1. The number of benzene rings is 2. The normalized spacial score (nSPS) is 14.5. The van der Waals surface area contributed by atoms with E-state index >= 15 is 0 Å². The molecule has 0 aromatic heterocycles. The number of piperazine rings is 1. The second-order valence-electron chi connectivity index (χ2n) is 6.67. The van der Waals surface area contributed by atoms with Gasteiger partial charge in [-0.05, 0) is 37.4 Å². The maximum absolute atomic E-state index is 12.9. The lowest BCUT2D eigenvalue weighted by Crippen LogP contribution is -2.50. The molecule has 0 aliphatic carbocycles. The van der Waals surface area contributed by atoms with Crippen molar-refractivity contribution in [3.8, 4) is 11.5 Å². The first-order chi connectivity index (χ1) is 14.3. The maximum Gasteiger partial charge on any atom is 0.257 e. The number of amides is 2. The monoisotopic (exact) mass is 433 g/mol. The van der Waals surface area contributed by atoms with Crippen molar-refractivity contribution in [1.29, 1.82) is 0 Å². The highest BCUT2D eigenvalue weighted by Crippen LogP contribution is 2.26. The van der Waals surface area contributed by atoms with Crippen LogP contribution in [0.2, 0.25) is 0 Å². The van der Waals surface area contributed by atoms with Crippen LogP contribution >= 0.6 is 0 Å². The largest absolute Gasteiger partial charge is 0.507 e. The van der Waals surface area contributed by atoms with E-state index in [0.717, 1.165) is 0 Å². The van der Waals surface area contributed by atoms with Crippen LogP contribution in [-0.2, 0) is 10.0 Å². The molecule has 160 valence electrons. The van der Waals surface area contributed by atoms with E-state index in [1.165, 1.54) is 38.4 Å². The lowest BCUT2D eigenvalue weighted by atomic mass is 10.1. The van der Waals surface area contributed by atoms with Crippen LogP contribution in [0.1, 0.15) is 20.7 Å². The molecule has 1 aliphatic rings. The van der Waals surface area contributed by atoms with E-state index in [1.54, 1.807) is 28.0 Å². The van der Waals surface area contributed by atoms with Crippen molar-refractivity contribution in [3.05, 3.63) is 53.6 Å². The van der Waals surface area contributed by atoms with Crippen molar-refractivity contribution < 1.29 is 27.9 Å². The van der Waals surface area contributed by atoms with E-state index < -0.39 is 10.0 Å². The third-order valence-electron chi connectivity index (χ3n) is 4.96. The lowest BCUT2D eigenvalue weighted by Gasteiger charge is -2.35. The van der Waals surface area contributed by atoms with Gasteiger partial charge in [0.05, 0.1) is 12.7 Å². The third kappa shape index (κ3) is 4.24. The minimum absolute atomic E-state index is 0.0856. The number of aromatic hydroxyl groups is 1. The predicted octanol–water partition coefficient (Wildman–Crippen LogP) is 0.907. The Bertz CT molecular complexity index is 1060. The molecule has 2 aromatic rings. The van der Waals surface area contributed by atoms with Crippen LogP contribution in [0.15, 0.2) is 47.4 Å². The topological polar surface area (TPSA) is 116 Å². The molecule has 0 atom stereocenters. The zero-order chi connectivity index (χ0) is 21.9. The van der Waals surface area contributed by atoms with Crippen LogP contribution in [0, 0.1) is 0 Å². The molecule has 1 aliphatic heterocycles. The molecule has 2 amide bonds. The van der Waals surface area contributed by atoms with Crippen molar-refractivity contribution in [1.82, 2.24) is 14.5 Å². The Morgan fingerprint density at radius 1 is 1.00 bits per heavy atom. The summed E-state index contributed by atoms with van der Waals surface area (Å²) in [5.74, 6) is -0.580. The zero-order valence-electron chi connectivity index (χ0n) is 16.7. The fraction of sp³-hybridized carbons (Fsp3) is 0.300. The third-order valence-corrected chi connectivity index (χ3v) is 6.39.